The minimum absolute atomic E-state index is 0.327. The van der Waals surface area contributed by atoms with Crippen LogP contribution in [0, 0.1) is 20.8 Å². The third-order valence-electron chi connectivity index (χ3n) is 2.35. The standard InChI is InChI=1S/C12H15NO2/c1-7-5-8(2)9(3)11(6-7)12(15)13-10(4)14/h5-6H,1-4H3,(H,13,14,15). The smallest absolute Gasteiger partial charge is 0.258 e. The Balaban J connectivity index is 3.13. The second kappa shape index (κ2) is 4.26. The van der Waals surface area contributed by atoms with Crippen LogP contribution in [-0.4, -0.2) is 11.8 Å². The summed E-state index contributed by atoms with van der Waals surface area (Å²) in [6.45, 7) is 7.09. The van der Waals surface area contributed by atoms with Gasteiger partial charge >= 0.3 is 0 Å². The second-order valence-electron chi connectivity index (χ2n) is 3.76. The van der Waals surface area contributed by atoms with E-state index in [2.05, 4.69) is 5.32 Å². The lowest BCUT2D eigenvalue weighted by molar-refractivity contribution is -0.118. The fourth-order valence-electron chi connectivity index (χ4n) is 1.50. The summed E-state index contributed by atoms with van der Waals surface area (Å²) in [6, 6.07) is 3.81. The van der Waals surface area contributed by atoms with Crippen molar-refractivity contribution in [2.45, 2.75) is 27.7 Å². The fourth-order valence-corrected chi connectivity index (χ4v) is 1.50. The first-order chi connectivity index (χ1) is 6.91. The van der Waals surface area contributed by atoms with Gasteiger partial charge in [0, 0.05) is 12.5 Å². The lowest BCUT2D eigenvalue weighted by atomic mass is 9.99. The lowest BCUT2D eigenvalue weighted by Gasteiger charge is -2.09. The molecule has 2 amide bonds. The highest BCUT2D eigenvalue weighted by atomic mass is 16.2. The number of aryl methyl sites for hydroxylation is 2. The molecule has 0 bridgehead atoms. The van der Waals surface area contributed by atoms with Gasteiger partial charge < -0.3 is 0 Å². The zero-order valence-corrected chi connectivity index (χ0v) is 9.47. The maximum atomic E-state index is 11.6. The molecule has 80 valence electrons. The molecule has 1 aromatic carbocycles. The zero-order valence-electron chi connectivity index (χ0n) is 9.47. The van der Waals surface area contributed by atoms with E-state index in [9.17, 15) is 9.59 Å². The normalized spacial score (nSPS) is 9.87. The summed E-state index contributed by atoms with van der Waals surface area (Å²) >= 11 is 0. The number of imide groups is 1. The highest BCUT2D eigenvalue weighted by Gasteiger charge is 2.12. The molecule has 1 N–H and O–H groups in total. The molecule has 15 heavy (non-hydrogen) atoms. The Morgan fingerprint density at radius 3 is 2.27 bits per heavy atom. The quantitative estimate of drug-likeness (QED) is 0.761. The van der Waals surface area contributed by atoms with Gasteiger partial charge in [0.25, 0.3) is 5.91 Å². The first-order valence-electron chi connectivity index (χ1n) is 4.81. The molecule has 1 rings (SSSR count). The van der Waals surface area contributed by atoms with E-state index in [1.807, 2.05) is 26.8 Å². The largest absolute Gasteiger partial charge is 0.293 e. The average molecular weight is 205 g/mol. The van der Waals surface area contributed by atoms with Crippen LogP contribution in [0.4, 0.5) is 0 Å². The molecule has 0 aliphatic rings. The van der Waals surface area contributed by atoms with Gasteiger partial charge in [0.05, 0.1) is 0 Å². The Morgan fingerprint density at radius 1 is 1.13 bits per heavy atom. The Hall–Kier alpha value is -1.64. The third kappa shape index (κ3) is 2.65. The van der Waals surface area contributed by atoms with Gasteiger partial charge in [0.2, 0.25) is 5.91 Å². The van der Waals surface area contributed by atoms with Gasteiger partial charge in [-0.1, -0.05) is 11.6 Å². The van der Waals surface area contributed by atoms with Gasteiger partial charge in [-0.25, -0.2) is 0 Å². The summed E-state index contributed by atoms with van der Waals surface area (Å²) in [5.41, 5.74) is 3.57. The topological polar surface area (TPSA) is 46.2 Å². The number of nitrogens with one attached hydrogen (secondary N) is 1. The van der Waals surface area contributed by atoms with E-state index >= 15 is 0 Å². The van der Waals surface area contributed by atoms with Crippen molar-refractivity contribution in [2.24, 2.45) is 0 Å². The number of hydrogen-bond donors (Lipinski definition) is 1. The predicted octanol–water partition coefficient (Wildman–Crippen LogP) is 1.89. The van der Waals surface area contributed by atoms with Gasteiger partial charge in [-0.3, -0.25) is 14.9 Å². The molecule has 0 aromatic heterocycles. The molecule has 0 atom stereocenters. The summed E-state index contributed by atoms with van der Waals surface area (Å²) in [6.07, 6.45) is 0. The number of carbonyl (C=O) groups excluding carboxylic acids is 2. The Bertz CT molecular complexity index is 422. The van der Waals surface area contributed by atoms with E-state index in [1.54, 1.807) is 6.07 Å². The van der Waals surface area contributed by atoms with Crippen molar-refractivity contribution in [2.75, 3.05) is 0 Å². The molecule has 0 aliphatic heterocycles. The van der Waals surface area contributed by atoms with Crippen LogP contribution in [0.3, 0.4) is 0 Å². The van der Waals surface area contributed by atoms with Crippen LogP contribution in [0.25, 0.3) is 0 Å². The van der Waals surface area contributed by atoms with E-state index in [-0.39, 0.29) is 11.8 Å². The second-order valence-corrected chi connectivity index (χ2v) is 3.76. The van der Waals surface area contributed by atoms with Crippen molar-refractivity contribution in [3.05, 3.63) is 34.4 Å². The van der Waals surface area contributed by atoms with Crippen LogP contribution in [-0.2, 0) is 4.79 Å². The predicted molar refractivity (Wildman–Crippen MR) is 58.8 cm³/mol. The molecule has 3 nitrogen and oxygen atoms in total. The van der Waals surface area contributed by atoms with Crippen molar-refractivity contribution < 1.29 is 9.59 Å². The molecule has 0 saturated heterocycles. The molecule has 0 spiro atoms. The maximum Gasteiger partial charge on any atom is 0.258 e. The molecule has 0 heterocycles. The van der Waals surface area contributed by atoms with E-state index in [4.69, 9.17) is 0 Å². The Morgan fingerprint density at radius 2 is 1.73 bits per heavy atom. The molecule has 0 radical (unpaired) electrons. The summed E-state index contributed by atoms with van der Waals surface area (Å²) in [5, 5.41) is 2.28. The summed E-state index contributed by atoms with van der Waals surface area (Å²) < 4.78 is 0. The fraction of sp³-hybridized carbons (Fsp3) is 0.333. The highest BCUT2D eigenvalue weighted by Crippen LogP contribution is 2.15. The molecule has 0 saturated carbocycles. The number of benzene rings is 1. The van der Waals surface area contributed by atoms with Gasteiger partial charge in [0.15, 0.2) is 0 Å². The van der Waals surface area contributed by atoms with E-state index in [1.165, 1.54) is 6.92 Å². The van der Waals surface area contributed by atoms with Crippen molar-refractivity contribution in [3.63, 3.8) is 0 Å². The molecule has 0 aliphatic carbocycles. The van der Waals surface area contributed by atoms with Crippen LogP contribution in [0.1, 0.15) is 34.0 Å². The molecular weight excluding hydrogens is 190 g/mol. The van der Waals surface area contributed by atoms with Crippen LogP contribution in [0.2, 0.25) is 0 Å². The lowest BCUT2D eigenvalue weighted by Crippen LogP contribution is -2.28. The minimum atomic E-state index is -0.335. The summed E-state index contributed by atoms with van der Waals surface area (Å²) in [7, 11) is 0. The third-order valence-corrected chi connectivity index (χ3v) is 2.35. The monoisotopic (exact) mass is 205 g/mol. The first kappa shape index (κ1) is 11.4. The summed E-state index contributed by atoms with van der Waals surface area (Å²) in [5.74, 6) is -0.662. The number of amides is 2. The van der Waals surface area contributed by atoms with Crippen molar-refractivity contribution >= 4 is 11.8 Å². The van der Waals surface area contributed by atoms with E-state index in [0.717, 1.165) is 16.7 Å². The molecular formula is C12H15NO2. The van der Waals surface area contributed by atoms with Crippen molar-refractivity contribution in [3.8, 4) is 0 Å². The zero-order chi connectivity index (χ0) is 11.6. The van der Waals surface area contributed by atoms with Crippen molar-refractivity contribution in [1.29, 1.82) is 0 Å². The molecule has 1 aromatic rings. The first-order valence-corrected chi connectivity index (χ1v) is 4.81. The van der Waals surface area contributed by atoms with Crippen LogP contribution >= 0.6 is 0 Å². The molecule has 0 fully saturated rings. The Labute approximate surface area is 89.5 Å². The van der Waals surface area contributed by atoms with Gasteiger partial charge in [0.1, 0.15) is 0 Å². The maximum absolute atomic E-state index is 11.6. The molecule has 0 unspecified atom stereocenters. The van der Waals surface area contributed by atoms with Gasteiger partial charge in [-0.2, -0.15) is 0 Å². The Kier molecular flexibility index (Phi) is 3.24. The van der Waals surface area contributed by atoms with Gasteiger partial charge in [-0.15, -0.1) is 0 Å². The summed E-state index contributed by atoms with van der Waals surface area (Å²) in [4.78, 5) is 22.4. The highest BCUT2D eigenvalue weighted by molar-refractivity contribution is 6.05. The van der Waals surface area contributed by atoms with Crippen LogP contribution in [0.15, 0.2) is 12.1 Å². The van der Waals surface area contributed by atoms with E-state index < -0.39 is 0 Å². The van der Waals surface area contributed by atoms with Crippen molar-refractivity contribution in [1.82, 2.24) is 5.32 Å². The number of hydrogen-bond acceptors (Lipinski definition) is 2. The van der Waals surface area contributed by atoms with Crippen LogP contribution in [0.5, 0.6) is 0 Å². The number of carbonyl (C=O) groups is 2. The van der Waals surface area contributed by atoms with Gasteiger partial charge in [-0.05, 0) is 38.0 Å². The SMILES string of the molecule is CC(=O)NC(=O)c1cc(C)cc(C)c1C. The average Bonchev–Trinajstić information content (AvgIpc) is 2.09. The van der Waals surface area contributed by atoms with E-state index in [0.29, 0.717) is 5.56 Å². The minimum Gasteiger partial charge on any atom is -0.293 e. The number of rotatable bonds is 1. The van der Waals surface area contributed by atoms with Crippen LogP contribution < -0.4 is 5.32 Å². The molecule has 3 heteroatoms.